The molecule has 0 saturated heterocycles. The van der Waals surface area contributed by atoms with E-state index in [2.05, 4.69) is 0 Å². The molecule has 5 heteroatoms. The van der Waals surface area contributed by atoms with Gasteiger partial charge in [0, 0.05) is 16.6 Å². The standard InChI is InChI=1S/C13H12ClNO3/c1-17-8-12(13(16)18-2)15-6-5-9-3-4-10(14)7-11(9)15/h3-8H,1-2H3/b12-8-. The summed E-state index contributed by atoms with van der Waals surface area (Å²) in [6, 6.07) is 7.35. The minimum atomic E-state index is -0.477. The molecule has 0 aliphatic rings. The van der Waals surface area contributed by atoms with Crippen molar-refractivity contribution < 1.29 is 14.3 Å². The molecule has 94 valence electrons. The number of methoxy groups -OCH3 is 2. The van der Waals surface area contributed by atoms with Crippen molar-refractivity contribution in [2.45, 2.75) is 0 Å². The third kappa shape index (κ3) is 2.19. The summed E-state index contributed by atoms with van der Waals surface area (Å²) in [5.74, 6) is -0.477. The number of nitrogens with zero attached hydrogens (tertiary/aromatic N) is 1. The summed E-state index contributed by atoms with van der Waals surface area (Å²) in [7, 11) is 2.80. The van der Waals surface area contributed by atoms with Gasteiger partial charge in [-0.1, -0.05) is 17.7 Å². The highest BCUT2D eigenvalue weighted by molar-refractivity contribution is 6.31. The summed E-state index contributed by atoms with van der Waals surface area (Å²) in [6.07, 6.45) is 3.11. The van der Waals surface area contributed by atoms with Gasteiger partial charge < -0.3 is 14.0 Å². The molecule has 1 aromatic heterocycles. The highest BCUT2D eigenvalue weighted by Crippen LogP contribution is 2.23. The number of rotatable bonds is 3. The first-order valence-corrected chi connectivity index (χ1v) is 5.63. The average molecular weight is 266 g/mol. The first-order chi connectivity index (χ1) is 8.67. The molecule has 0 fully saturated rings. The fourth-order valence-electron chi connectivity index (χ4n) is 1.73. The van der Waals surface area contributed by atoms with Gasteiger partial charge in [0.25, 0.3) is 0 Å². The number of carbonyl (C=O) groups is 1. The summed E-state index contributed by atoms with van der Waals surface area (Å²) in [4.78, 5) is 11.7. The van der Waals surface area contributed by atoms with Crippen molar-refractivity contribution in [2.24, 2.45) is 0 Å². The summed E-state index contributed by atoms with van der Waals surface area (Å²) < 4.78 is 11.3. The molecule has 0 unspecified atom stereocenters. The maximum absolute atomic E-state index is 11.7. The van der Waals surface area contributed by atoms with Crippen LogP contribution in [0.15, 0.2) is 36.7 Å². The topological polar surface area (TPSA) is 40.5 Å². The molecule has 0 atom stereocenters. The van der Waals surface area contributed by atoms with Crippen molar-refractivity contribution in [3.05, 3.63) is 41.7 Å². The molecule has 2 rings (SSSR count). The van der Waals surface area contributed by atoms with E-state index in [9.17, 15) is 4.79 Å². The van der Waals surface area contributed by atoms with Crippen molar-refractivity contribution >= 4 is 34.2 Å². The van der Waals surface area contributed by atoms with Crippen molar-refractivity contribution in [3.8, 4) is 0 Å². The van der Waals surface area contributed by atoms with Gasteiger partial charge in [0.1, 0.15) is 6.26 Å². The lowest BCUT2D eigenvalue weighted by Gasteiger charge is -2.08. The molecule has 0 aliphatic carbocycles. The number of hydrogen-bond acceptors (Lipinski definition) is 3. The number of ether oxygens (including phenoxy) is 2. The zero-order valence-electron chi connectivity index (χ0n) is 10.0. The van der Waals surface area contributed by atoms with Crippen molar-refractivity contribution in [1.29, 1.82) is 0 Å². The fraction of sp³-hybridized carbons (Fsp3) is 0.154. The smallest absolute Gasteiger partial charge is 0.358 e. The normalized spacial score (nSPS) is 11.6. The van der Waals surface area contributed by atoms with Crippen LogP contribution in [0, 0.1) is 0 Å². The van der Waals surface area contributed by atoms with Gasteiger partial charge in [0.2, 0.25) is 0 Å². The lowest BCUT2D eigenvalue weighted by molar-refractivity contribution is -0.134. The fourth-order valence-corrected chi connectivity index (χ4v) is 1.90. The van der Waals surface area contributed by atoms with Crippen molar-refractivity contribution in [2.75, 3.05) is 14.2 Å². The number of hydrogen-bond donors (Lipinski definition) is 0. The van der Waals surface area contributed by atoms with Crippen molar-refractivity contribution in [3.63, 3.8) is 0 Å². The third-order valence-electron chi connectivity index (χ3n) is 2.54. The van der Waals surface area contributed by atoms with Crippen LogP contribution in [0.25, 0.3) is 16.6 Å². The van der Waals surface area contributed by atoms with E-state index in [1.165, 1.54) is 20.5 Å². The summed E-state index contributed by atoms with van der Waals surface area (Å²) in [6.45, 7) is 0. The second kappa shape index (κ2) is 5.14. The minimum Gasteiger partial charge on any atom is -0.502 e. The molecule has 0 spiro atoms. The highest BCUT2D eigenvalue weighted by atomic mass is 35.5. The summed E-state index contributed by atoms with van der Waals surface area (Å²) in [5.41, 5.74) is 1.11. The lowest BCUT2D eigenvalue weighted by Crippen LogP contribution is -2.10. The Balaban J connectivity index is 2.61. The Bertz CT molecular complexity index is 616. The molecule has 0 amide bonds. The molecule has 0 N–H and O–H groups in total. The molecule has 1 heterocycles. The Morgan fingerprint density at radius 1 is 1.33 bits per heavy atom. The number of benzene rings is 1. The molecule has 1 aromatic carbocycles. The Morgan fingerprint density at radius 2 is 2.11 bits per heavy atom. The van der Waals surface area contributed by atoms with Gasteiger partial charge in [0.15, 0.2) is 5.70 Å². The maximum Gasteiger partial charge on any atom is 0.358 e. The summed E-state index contributed by atoms with van der Waals surface area (Å²) in [5, 5.41) is 1.58. The van der Waals surface area contributed by atoms with E-state index in [0.717, 1.165) is 10.9 Å². The molecular formula is C13H12ClNO3. The van der Waals surface area contributed by atoms with Gasteiger partial charge in [-0.3, -0.25) is 0 Å². The maximum atomic E-state index is 11.7. The monoisotopic (exact) mass is 265 g/mol. The average Bonchev–Trinajstić information content (AvgIpc) is 2.78. The van der Waals surface area contributed by atoms with Crippen molar-refractivity contribution in [1.82, 2.24) is 4.57 Å². The molecular weight excluding hydrogens is 254 g/mol. The highest BCUT2D eigenvalue weighted by Gasteiger charge is 2.15. The zero-order chi connectivity index (χ0) is 13.1. The van der Waals surface area contributed by atoms with Gasteiger partial charge in [-0.05, 0) is 18.2 Å². The Labute approximate surface area is 109 Å². The van der Waals surface area contributed by atoms with Gasteiger partial charge in [-0.2, -0.15) is 0 Å². The predicted molar refractivity (Wildman–Crippen MR) is 70.2 cm³/mol. The van der Waals surface area contributed by atoms with Crippen LogP contribution in [0.3, 0.4) is 0 Å². The van der Waals surface area contributed by atoms with E-state index in [0.29, 0.717) is 5.02 Å². The van der Waals surface area contributed by atoms with E-state index in [1.807, 2.05) is 12.1 Å². The molecule has 2 aromatic rings. The van der Waals surface area contributed by atoms with E-state index in [4.69, 9.17) is 21.1 Å². The molecule has 18 heavy (non-hydrogen) atoms. The van der Waals surface area contributed by atoms with E-state index < -0.39 is 5.97 Å². The predicted octanol–water partition coefficient (Wildman–Crippen LogP) is 2.91. The van der Waals surface area contributed by atoms with Crippen LogP contribution in [-0.2, 0) is 14.3 Å². The molecule has 0 saturated carbocycles. The second-order valence-corrected chi connectivity index (χ2v) is 4.06. The van der Waals surface area contributed by atoms with Crippen LogP contribution < -0.4 is 0 Å². The first kappa shape index (κ1) is 12.5. The Kier molecular flexibility index (Phi) is 3.58. The largest absolute Gasteiger partial charge is 0.502 e. The van der Waals surface area contributed by atoms with E-state index in [-0.39, 0.29) is 5.70 Å². The summed E-state index contributed by atoms with van der Waals surface area (Å²) >= 11 is 5.96. The van der Waals surface area contributed by atoms with E-state index >= 15 is 0 Å². The number of carbonyl (C=O) groups excluding carboxylic acids is 1. The lowest BCUT2D eigenvalue weighted by atomic mass is 10.2. The molecule has 0 radical (unpaired) electrons. The van der Waals surface area contributed by atoms with Gasteiger partial charge in [-0.25, -0.2) is 4.79 Å². The number of aromatic nitrogens is 1. The molecule has 4 nitrogen and oxygen atoms in total. The second-order valence-electron chi connectivity index (χ2n) is 3.62. The van der Waals surface area contributed by atoms with Crippen LogP contribution in [0.1, 0.15) is 0 Å². The molecule has 0 aliphatic heterocycles. The third-order valence-corrected chi connectivity index (χ3v) is 2.77. The number of esters is 1. The number of halogens is 1. The van der Waals surface area contributed by atoms with Crippen LogP contribution in [0.4, 0.5) is 0 Å². The number of fused-ring (bicyclic) bond motifs is 1. The van der Waals surface area contributed by atoms with Gasteiger partial charge in [-0.15, -0.1) is 0 Å². The van der Waals surface area contributed by atoms with Crippen LogP contribution in [-0.4, -0.2) is 24.8 Å². The quantitative estimate of drug-likeness (QED) is 0.487. The first-order valence-electron chi connectivity index (χ1n) is 5.25. The van der Waals surface area contributed by atoms with Crippen LogP contribution in [0.2, 0.25) is 5.02 Å². The van der Waals surface area contributed by atoms with E-state index in [1.54, 1.807) is 22.9 Å². The van der Waals surface area contributed by atoms with Gasteiger partial charge in [0.05, 0.1) is 19.7 Å². The van der Waals surface area contributed by atoms with Crippen LogP contribution >= 0.6 is 11.6 Å². The zero-order valence-corrected chi connectivity index (χ0v) is 10.8. The van der Waals surface area contributed by atoms with Crippen LogP contribution in [0.5, 0.6) is 0 Å². The minimum absolute atomic E-state index is 0.289. The van der Waals surface area contributed by atoms with Gasteiger partial charge >= 0.3 is 5.97 Å². The Morgan fingerprint density at radius 3 is 2.78 bits per heavy atom. The Hall–Kier alpha value is -1.94. The molecule has 0 bridgehead atoms. The SMILES string of the molecule is CO/C=C(/C(=O)OC)n1ccc2ccc(Cl)cc21.